The van der Waals surface area contributed by atoms with Crippen molar-refractivity contribution < 1.29 is 23.7 Å². The molecule has 1 amide bonds. The van der Waals surface area contributed by atoms with Gasteiger partial charge in [-0.05, 0) is 58.6 Å². The fourth-order valence-electron chi connectivity index (χ4n) is 4.03. The predicted molar refractivity (Wildman–Crippen MR) is 132 cm³/mol. The van der Waals surface area contributed by atoms with Crippen LogP contribution in [0.5, 0.6) is 11.5 Å². The van der Waals surface area contributed by atoms with Crippen LogP contribution >= 0.6 is 0 Å². The average molecular weight is 485 g/mol. The summed E-state index contributed by atoms with van der Waals surface area (Å²) >= 11 is 0. The minimum absolute atomic E-state index is 0.190. The topological polar surface area (TPSA) is 95.0 Å². The number of carbonyl (C=O) groups excluding carboxylic acids is 1. The molecule has 1 unspecified atom stereocenters. The van der Waals surface area contributed by atoms with Gasteiger partial charge in [0.25, 0.3) is 0 Å². The summed E-state index contributed by atoms with van der Waals surface area (Å²) in [6, 6.07) is 5.74. The van der Waals surface area contributed by atoms with E-state index in [0.717, 1.165) is 42.8 Å². The number of amides is 1. The van der Waals surface area contributed by atoms with Crippen molar-refractivity contribution in [3.63, 3.8) is 0 Å². The quantitative estimate of drug-likeness (QED) is 0.504. The highest BCUT2D eigenvalue weighted by molar-refractivity contribution is 5.69. The first-order chi connectivity index (χ1) is 16.9. The molecule has 1 atom stereocenters. The molecule has 0 radical (unpaired) electrons. The number of hydrogen-bond acceptors (Lipinski definition) is 8. The monoisotopic (exact) mass is 484 g/mol. The second-order valence-corrected chi connectivity index (χ2v) is 9.27. The Morgan fingerprint density at radius 2 is 2.03 bits per heavy atom. The number of rotatable bonds is 10. The molecule has 1 saturated heterocycles. The van der Waals surface area contributed by atoms with Crippen LogP contribution in [0.4, 0.5) is 16.3 Å². The minimum atomic E-state index is -0.431. The largest absolute Gasteiger partial charge is 0.490 e. The molecule has 1 N–H and O–H groups in total. The van der Waals surface area contributed by atoms with Crippen molar-refractivity contribution in [1.29, 1.82) is 0 Å². The number of hydrogen-bond donors (Lipinski definition) is 1. The van der Waals surface area contributed by atoms with Crippen LogP contribution in [0.1, 0.15) is 57.3 Å². The van der Waals surface area contributed by atoms with Crippen molar-refractivity contribution in [2.24, 2.45) is 0 Å². The van der Waals surface area contributed by atoms with Gasteiger partial charge in [-0.3, -0.25) is 9.88 Å². The molecule has 2 aromatic rings. The van der Waals surface area contributed by atoms with E-state index in [1.165, 1.54) is 12.8 Å². The van der Waals surface area contributed by atoms with Crippen LogP contribution in [0.25, 0.3) is 0 Å². The summed E-state index contributed by atoms with van der Waals surface area (Å²) in [7, 11) is 1.58. The van der Waals surface area contributed by atoms with Crippen LogP contribution in [0.2, 0.25) is 0 Å². The summed E-state index contributed by atoms with van der Waals surface area (Å²) in [6.07, 6.45) is 6.88. The average Bonchev–Trinajstić information content (AvgIpc) is 3.65. The maximum atomic E-state index is 12.6. The van der Waals surface area contributed by atoms with E-state index in [1.807, 2.05) is 32.9 Å². The number of pyridine rings is 2. The van der Waals surface area contributed by atoms with E-state index in [9.17, 15) is 4.79 Å². The van der Waals surface area contributed by atoms with Crippen LogP contribution in [0.3, 0.4) is 0 Å². The van der Waals surface area contributed by atoms with Crippen molar-refractivity contribution in [2.75, 3.05) is 25.6 Å². The Bertz CT molecular complexity index is 1010. The number of aromatic nitrogens is 2. The molecule has 0 spiro atoms. The molecular weight excluding hydrogens is 448 g/mol. The fourth-order valence-corrected chi connectivity index (χ4v) is 4.03. The van der Waals surface area contributed by atoms with Crippen LogP contribution in [-0.4, -0.2) is 59.7 Å². The smallest absolute Gasteiger partial charge is 0.412 e. The van der Waals surface area contributed by atoms with Gasteiger partial charge in [0.05, 0.1) is 37.3 Å². The van der Waals surface area contributed by atoms with Crippen LogP contribution < -0.4 is 14.8 Å². The first kappa shape index (κ1) is 25.0. The number of piperidine rings is 1. The lowest BCUT2D eigenvalue weighted by Crippen LogP contribution is -2.47. The molecular formula is C26H36N4O5. The lowest BCUT2D eigenvalue weighted by molar-refractivity contribution is -0.0153. The van der Waals surface area contributed by atoms with Gasteiger partial charge in [-0.25, -0.2) is 9.78 Å². The highest BCUT2D eigenvalue weighted by atomic mass is 16.6. The summed E-state index contributed by atoms with van der Waals surface area (Å²) in [4.78, 5) is 23.4. The van der Waals surface area contributed by atoms with E-state index in [2.05, 4.69) is 10.3 Å². The summed E-state index contributed by atoms with van der Waals surface area (Å²) < 4.78 is 23.1. The van der Waals surface area contributed by atoms with Crippen LogP contribution in [-0.2, 0) is 15.9 Å². The van der Waals surface area contributed by atoms with E-state index >= 15 is 0 Å². The number of nitrogens with zero attached hydrogens (tertiary/aromatic N) is 3. The lowest BCUT2D eigenvalue weighted by atomic mass is 10.1. The normalized spacial score (nSPS) is 17.9. The van der Waals surface area contributed by atoms with Crippen molar-refractivity contribution in [2.45, 2.75) is 77.7 Å². The Labute approximate surface area is 207 Å². The molecule has 4 rings (SSSR count). The first-order valence-electron chi connectivity index (χ1n) is 12.5. The number of anilines is 2. The van der Waals surface area contributed by atoms with Crippen LogP contribution in [0, 0.1) is 6.92 Å². The number of aryl methyl sites for hydroxylation is 1. The number of ether oxygens (including phenoxy) is 4. The molecule has 9 nitrogen and oxygen atoms in total. The van der Waals surface area contributed by atoms with Gasteiger partial charge in [-0.1, -0.05) is 0 Å². The van der Waals surface area contributed by atoms with Gasteiger partial charge in [-0.15, -0.1) is 0 Å². The summed E-state index contributed by atoms with van der Waals surface area (Å²) in [5.41, 5.74) is 2.69. The zero-order valence-electron chi connectivity index (χ0n) is 21.1. The Hall–Kier alpha value is -3.07. The van der Waals surface area contributed by atoms with E-state index in [0.29, 0.717) is 36.6 Å². The van der Waals surface area contributed by atoms with Gasteiger partial charge in [0.1, 0.15) is 0 Å². The Morgan fingerprint density at radius 3 is 2.74 bits per heavy atom. The van der Waals surface area contributed by atoms with E-state index in [4.69, 9.17) is 23.9 Å². The van der Waals surface area contributed by atoms with E-state index in [-0.39, 0.29) is 12.2 Å². The number of nitrogens with one attached hydrogen (secondary N) is 1. The van der Waals surface area contributed by atoms with Crippen molar-refractivity contribution in [1.82, 2.24) is 14.9 Å². The summed E-state index contributed by atoms with van der Waals surface area (Å²) in [5, 5.41) is 3.33. The highest BCUT2D eigenvalue weighted by Crippen LogP contribution is 2.37. The minimum Gasteiger partial charge on any atom is -0.490 e. The maximum Gasteiger partial charge on any atom is 0.412 e. The van der Waals surface area contributed by atoms with Crippen molar-refractivity contribution >= 4 is 17.6 Å². The van der Waals surface area contributed by atoms with Crippen molar-refractivity contribution in [3.05, 3.63) is 35.8 Å². The van der Waals surface area contributed by atoms with Crippen molar-refractivity contribution in [3.8, 4) is 11.5 Å². The summed E-state index contributed by atoms with van der Waals surface area (Å²) in [5.74, 6) is 1.50. The third-order valence-corrected chi connectivity index (χ3v) is 5.99. The van der Waals surface area contributed by atoms with E-state index in [1.54, 1.807) is 24.3 Å². The lowest BCUT2D eigenvalue weighted by Gasteiger charge is -2.35. The second kappa shape index (κ2) is 11.6. The number of carbonyl (C=O) groups is 1. The zero-order chi connectivity index (χ0) is 24.8. The molecule has 1 aliphatic heterocycles. The van der Waals surface area contributed by atoms with Gasteiger partial charge in [0.15, 0.2) is 17.8 Å². The predicted octanol–water partition coefficient (Wildman–Crippen LogP) is 4.99. The third kappa shape index (κ3) is 6.75. The molecule has 1 saturated carbocycles. The fraction of sp³-hybridized carbons (Fsp3) is 0.577. The number of likely N-dealkylation sites (tertiary alicyclic amines) is 1. The van der Waals surface area contributed by atoms with Gasteiger partial charge in [0, 0.05) is 37.3 Å². The van der Waals surface area contributed by atoms with E-state index < -0.39 is 6.23 Å². The molecule has 2 aromatic heterocycles. The zero-order valence-corrected chi connectivity index (χ0v) is 21.1. The highest BCUT2D eigenvalue weighted by Gasteiger charge is 2.31. The molecule has 35 heavy (non-hydrogen) atoms. The Morgan fingerprint density at radius 1 is 1.20 bits per heavy atom. The first-order valence-corrected chi connectivity index (χ1v) is 12.5. The molecule has 190 valence electrons. The Kier molecular flexibility index (Phi) is 8.28. The molecule has 2 aliphatic rings. The summed E-state index contributed by atoms with van der Waals surface area (Å²) in [6.45, 7) is 6.93. The third-order valence-electron chi connectivity index (χ3n) is 5.99. The molecule has 2 fully saturated rings. The Balaban J connectivity index is 1.46. The molecule has 0 aromatic carbocycles. The van der Waals surface area contributed by atoms with Gasteiger partial charge in [-0.2, -0.15) is 0 Å². The van der Waals surface area contributed by atoms with Gasteiger partial charge < -0.3 is 24.3 Å². The van der Waals surface area contributed by atoms with Crippen LogP contribution in [0.15, 0.2) is 24.4 Å². The SMILES string of the molecule is COc1c(OC2CCCCN2C(=O)OC(C)C)ccnc1Nc1ccc(CCOC2CC2)nc1C. The molecule has 1 aliphatic carbocycles. The molecule has 9 heteroatoms. The standard InChI is InChI=1S/C26H36N4O5/c1-17(2)34-26(31)30-15-6-5-7-23(30)35-22-12-14-27-25(24(22)32-4)29-21-11-8-19(28-18(21)3)13-16-33-20-9-10-20/h8,11-12,14,17,20,23H,5-7,9-10,13,15-16H2,1-4H3,(H,27,29). The second-order valence-electron chi connectivity index (χ2n) is 9.27. The van der Waals surface area contributed by atoms with Gasteiger partial charge in [0.2, 0.25) is 5.75 Å². The number of methoxy groups -OCH3 is 1. The molecule has 0 bridgehead atoms. The molecule has 3 heterocycles. The van der Waals surface area contributed by atoms with Gasteiger partial charge >= 0.3 is 6.09 Å². The maximum absolute atomic E-state index is 12.6.